The molecule has 1 aliphatic rings. The van der Waals surface area contributed by atoms with Crippen molar-refractivity contribution in [3.63, 3.8) is 0 Å². The SMILES string of the molecule is Cc1ccc(NC2CCCCC2C(C)C)c(C#N)c1. The van der Waals surface area contributed by atoms with E-state index in [1.54, 1.807) is 0 Å². The summed E-state index contributed by atoms with van der Waals surface area (Å²) in [4.78, 5) is 0. The molecule has 0 spiro atoms. The van der Waals surface area contributed by atoms with Crippen molar-refractivity contribution in [3.8, 4) is 6.07 Å². The van der Waals surface area contributed by atoms with Crippen molar-refractivity contribution in [3.05, 3.63) is 29.3 Å². The molecule has 1 aromatic carbocycles. The van der Waals surface area contributed by atoms with Crippen LogP contribution in [-0.2, 0) is 0 Å². The summed E-state index contributed by atoms with van der Waals surface area (Å²) in [6, 6.07) is 8.93. The topological polar surface area (TPSA) is 35.8 Å². The van der Waals surface area contributed by atoms with Gasteiger partial charge in [-0.05, 0) is 49.3 Å². The second-order valence-electron chi connectivity index (χ2n) is 6.10. The summed E-state index contributed by atoms with van der Waals surface area (Å²) in [5, 5.41) is 12.9. The first-order chi connectivity index (χ1) is 9.11. The predicted octanol–water partition coefficient (Wildman–Crippen LogP) is 4.49. The molecule has 0 aliphatic heterocycles. The van der Waals surface area contributed by atoms with Gasteiger partial charge >= 0.3 is 0 Å². The zero-order chi connectivity index (χ0) is 13.8. The van der Waals surface area contributed by atoms with Crippen LogP contribution in [0.3, 0.4) is 0 Å². The summed E-state index contributed by atoms with van der Waals surface area (Å²) in [6.07, 6.45) is 5.18. The number of nitrogens with one attached hydrogen (secondary N) is 1. The Balaban J connectivity index is 2.17. The molecule has 1 aromatic rings. The zero-order valence-corrected chi connectivity index (χ0v) is 12.2. The number of benzene rings is 1. The van der Waals surface area contributed by atoms with Crippen LogP contribution in [0.2, 0.25) is 0 Å². The van der Waals surface area contributed by atoms with E-state index in [0.717, 1.165) is 22.7 Å². The molecule has 2 heteroatoms. The molecule has 1 saturated carbocycles. The maximum Gasteiger partial charge on any atom is 0.101 e. The lowest BCUT2D eigenvalue weighted by Crippen LogP contribution is -2.35. The monoisotopic (exact) mass is 256 g/mol. The maximum atomic E-state index is 9.26. The highest BCUT2D eigenvalue weighted by Crippen LogP contribution is 2.33. The van der Waals surface area contributed by atoms with Gasteiger partial charge in [0.15, 0.2) is 0 Å². The predicted molar refractivity (Wildman–Crippen MR) is 80.1 cm³/mol. The zero-order valence-electron chi connectivity index (χ0n) is 12.2. The van der Waals surface area contributed by atoms with E-state index in [9.17, 15) is 5.26 Å². The number of nitrogens with zero attached hydrogens (tertiary/aromatic N) is 1. The fourth-order valence-electron chi connectivity index (χ4n) is 3.21. The van der Waals surface area contributed by atoms with Crippen LogP contribution < -0.4 is 5.32 Å². The Labute approximate surface area is 116 Å². The second-order valence-corrected chi connectivity index (χ2v) is 6.10. The molecule has 102 valence electrons. The molecule has 0 amide bonds. The van der Waals surface area contributed by atoms with Crippen LogP contribution >= 0.6 is 0 Å². The van der Waals surface area contributed by atoms with E-state index in [1.807, 2.05) is 13.0 Å². The van der Waals surface area contributed by atoms with Gasteiger partial charge in [-0.15, -0.1) is 0 Å². The molecule has 2 unspecified atom stereocenters. The average molecular weight is 256 g/mol. The Morgan fingerprint density at radius 3 is 2.68 bits per heavy atom. The fourth-order valence-corrected chi connectivity index (χ4v) is 3.21. The van der Waals surface area contributed by atoms with E-state index >= 15 is 0 Å². The molecule has 2 rings (SSSR count). The first kappa shape index (κ1) is 13.9. The minimum absolute atomic E-state index is 0.517. The lowest BCUT2D eigenvalue weighted by atomic mass is 9.77. The van der Waals surface area contributed by atoms with Crippen LogP contribution in [0.1, 0.15) is 50.7 Å². The van der Waals surface area contributed by atoms with Crippen LogP contribution in [0.5, 0.6) is 0 Å². The number of anilines is 1. The van der Waals surface area contributed by atoms with Gasteiger partial charge in [-0.3, -0.25) is 0 Å². The van der Waals surface area contributed by atoms with Gasteiger partial charge in [-0.1, -0.05) is 32.8 Å². The van der Waals surface area contributed by atoms with Crippen molar-refractivity contribution in [1.82, 2.24) is 0 Å². The molecule has 2 nitrogen and oxygen atoms in total. The van der Waals surface area contributed by atoms with E-state index < -0.39 is 0 Å². The summed E-state index contributed by atoms with van der Waals surface area (Å²) < 4.78 is 0. The Morgan fingerprint density at radius 2 is 2.00 bits per heavy atom. The third-order valence-electron chi connectivity index (χ3n) is 4.31. The molecule has 0 heterocycles. The van der Waals surface area contributed by atoms with Gasteiger partial charge in [-0.25, -0.2) is 0 Å². The van der Waals surface area contributed by atoms with Gasteiger partial charge in [-0.2, -0.15) is 5.26 Å². The standard InChI is InChI=1S/C17H24N2/c1-12(2)15-6-4-5-7-17(15)19-16-9-8-13(3)10-14(16)11-18/h8-10,12,15,17,19H,4-7H2,1-3H3. The summed E-state index contributed by atoms with van der Waals surface area (Å²) in [7, 11) is 0. The molecule has 0 aromatic heterocycles. The maximum absolute atomic E-state index is 9.26. The van der Waals surface area contributed by atoms with Crippen molar-refractivity contribution in [2.75, 3.05) is 5.32 Å². The largest absolute Gasteiger partial charge is 0.381 e. The van der Waals surface area contributed by atoms with Crippen LogP contribution in [0.25, 0.3) is 0 Å². The first-order valence-electron chi connectivity index (χ1n) is 7.39. The van der Waals surface area contributed by atoms with Crippen LogP contribution in [-0.4, -0.2) is 6.04 Å². The Bertz CT molecular complexity index is 471. The third kappa shape index (κ3) is 3.29. The Kier molecular flexibility index (Phi) is 4.47. The average Bonchev–Trinajstić information content (AvgIpc) is 2.41. The molecular formula is C17H24N2. The molecule has 19 heavy (non-hydrogen) atoms. The van der Waals surface area contributed by atoms with Gasteiger partial charge in [0.2, 0.25) is 0 Å². The van der Waals surface area contributed by atoms with Crippen molar-refractivity contribution < 1.29 is 0 Å². The van der Waals surface area contributed by atoms with Gasteiger partial charge in [0.25, 0.3) is 0 Å². The summed E-state index contributed by atoms with van der Waals surface area (Å²) in [6.45, 7) is 6.65. The number of aryl methyl sites for hydroxylation is 1. The van der Waals surface area contributed by atoms with E-state index in [2.05, 4.69) is 37.4 Å². The second kappa shape index (κ2) is 6.10. The smallest absolute Gasteiger partial charge is 0.101 e. The molecule has 0 saturated heterocycles. The molecule has 0 bridgehead atoms. The van der Waals surface area contributed by atoms with E-state index in [0.29, 0.717) is 12.0 Å². The number of hydrogen-bond donors (Lipinski definition) is 1. The molecule has 1 N–H and O–H groups in total. The van der Waals surface area contributed by atoms with Gasteiger partial charge in [0.05, 0.1) is 11.3 Å². The van der Waals surface area contributed by atoms with E-state index in [1.165, 1.54) is 25.7 Å². The molecule has 0 radical (unpaired) electrons. The minimum Gasteiger partial charge on any atom is -0.381 e. The highest BCUT2D eigenvalue weighted by Gasteiger charge is 2.27. The first-order valence-corrected chi connectivity index (χ1v) is 7.39. The quantitative estimate of drug-likeness (QED) is 0.864. The summed E-state index contributed by atoms with van der Waals surface area (Å²) in [5.41, 5.74) is 2.92. The highest BCUT2D eigenvalue weighted by atomic mass is 14.9. The third-order valence-corrected chi connectivity index (χ3v) is 4.31. The van der Waals surface area contributed by atoms with Gasteiger partial charge in [0.1, 0.15) is 6.07 Å². The molecular weight excluding hydrogens is 232 g/mol. The molecule has 2 atom stereocenters. The van der Waals surface area contributed by atoms with E-state index in [-0.39, 0.29) is 0 Å². The Hall–Kier alpha value is -1.49. The fraction of sp³-hybridized carbons (Fsp3) is 0.588. The van der Waals surface area contributed by atoms with E-state index in [4.69, 9.17) is 0 Å². The van der Waals surface area contributed by atoms with Crippen molar-refractivity contribution in [1.29, 1.82) is 5.26 Å². The highest BCUT2D eigenvalue weighted by molar-refractivity contribution is 5.59. The van der Waals surface area contributed by atoms with Gasteiger partial charge < -0.3 is 5.32 Å². The minimum atomic E-state index is 0.517. The number of nitriles is 1. The Morgan fingerprint density at radius 1 is 1.26 bits per heavy atom. The molecule has 1 fully saturated rings. The lowest BCUT2D eigenvalue weighted by Gasteiger charge is -2.35. The van der Waals surface area contributed by atoms with Crippen molar-refractivity contribution in [2.45, 2.75) is 52.5 Å². The summed E-state index contributed by atoms with van der Waals surface area (Å²) in [5.74, 6) is 1.43. The van der Waals surface area contributed by atoms with Crippen LogP contribution in [0.15, 0.2) is 18.2 Å². The van der Waals surface area contributed by atoms with Crippen LogP contribution in [0, 0.1) is 30.1 Å². The number of hydrogen-bond acceptors (Lipinski definition) is 2. The number of rotatable bonds is 3. The summed E-state index contributed by atoms with van der Waals surface area (Å²) >= 11 is 0. The van der Waals surface area contributed by atoms with Crippen molar-refractivity contribution in [2.24, 2.45) is 11.8 Å². The van der Waals surface area contributed by atoms with Crippen LogP contribution in [0.4, 0.5) is 5.69 Å². The van der Waals surface area contributed by atoms with Gasteiger partial charge in [0, 0.05) is 6.04 Å². The normalized spacial score (nSPS) is 23.1. The molecule has 1 aliphatic carbocycles. The lowest BCUT2D eigenvalue weighted by molar-refractivity contribution is 0.254. The van der Waals surface area contributed by atoms with Crippen molar-refractivity contribution >= 4 is 5.69 Å².